The maximum absolute atomic E-state index is 4.71. The van der Waals surface area contributed by atoms with Gasteiger partial charge in [-0.3, -0.25) is 9.88 Å². The Morgan fingerprint density at radius 1 is 1.11 bits per heavy atom. The molecule has 0 bridgehead atoms. The summed E-state index contributed by atoms with van der Waals surface area (Å²) in [5.41, 5.74) is 3.66. The zero-order valence-corrected chi connectivity index (χ0v) is 16.6. The van der Waals surface area contributed by atoms with E-state index in [9.17, 15) is 0 Å². The second-order valence-corrected chi connectivity index (χ2v) is 7.90. The third-order valence-electron chi connectivity index (χ3n) is 5.41. The van der Waals surface area contributed by atoms with Crippen molar-refractivity contribution in [2.75, 3.05) is 18.4 Å². The molecule has 0 spiro atoms. The van der Waals surface area contributed by atoms with Gasteiger partial charge in [-0.2, -0.15) is 9.36 Å². The van der Waals surface area contributed by atoms with Gasteiger partial charge in [-0.25, -0.2) is 0 Å². The monoisotopic (exact) mass is 379 g/mol. The van der Waals surface area contributed by atoms with Crippen molar-refractivity contribution in [1.82, 2.24) is 19.2 Å². The SMILES string of the molecule is Cc1ccccc1-c1nsc(NC2CCN(C(C)c3ccncc3)CC2)n1. The second-order valence-electron chi connectivity index (χ2n) is 7.15. The third kappa shape index (κ3) is 4.17. The molecule has 0 saturated carbocycles. The number of pyridine rings is 1. The fraction of sp³-hybridized carbons (Fsp3) is 0.381. The molecule has 1 aromatic carbocycles. The van der Waals surface area contributed by atoms with Gasteiger partial charge in [0.15, 0.2) is 5.82 Å². The summed E-state index contributed by atoms with van der Waals surface area (Å²) in [6.45, 7) is 6.56. The Hall–Kier alpha value is -2.31. The smallest absolute Gasteiger partial charge is 0.203 e. The molecular weight excluding hydrogens is 354 g/mol. The molecule has 1 atom stereocenters. The van der Waals surface area contributed by atoms with E-state index >= 15 is 0 Å². The number of piperidine rings is 1. The Morgan fingerprint density at radius 2 is 1.85 bits per heavy atom. The molecule has 1 unspecified atom stereocenters. The van der Waals surface area contributed by atoms with Crippen LogP contribution in [0.5, 0.6) is 0 Å². The molecule has 5 nitrogen and oxygen atoms in total. The third-order valence-corrected chi connectivity index (χ3v) is 6.05. The van der Waals surface area contributed by atoms with Gasteiger partial charge in [0.05, 0.1) is 0 Å². The summed E-state index contributed by atoms with van der Waals surface area (Å²) in [5.74, 6) is 0.823. The van der Waals surface area contributed by atoms with Crippen LogP contribution in [0.2, 0.25) is 0 Å². The van der Waals surface area contributed by atoms with Crippen LogP contribution >= 0.6 is 11.5 Å². The molecular formula is C21H25N5S. The van der Waals surface area contributed by atoms with Crippen LogP contribution in [0, 0.1) is 6.92 Å². The van der Waals surface area contributed by atoms with Gasteiger partial charge in [-0.15, -0.1) is 0 Å². The summed E-state index contributed by atoms with van der Waals surface area (Å²) < 4.78 is 4.55. The Labute approximate surface area is 164 Å². The maximum Gasteiger partial charge on any atom is 0.203 e. The molecule has 140 valence electrons. The van der Waals surface area contributed by atoms with E-state index in [2.05, 4.69) is 57.7 Å². The standard InChI is InChI=1S/C21H25N5S/c1-15-5-3-4-6-19(15)20-24-21(27-25-20)23-18-9-13-26(14-10-18)16(2)17-7-11-22-12-8-17/h3-8,11-12,16,18H,9-10,13-14H2,1-2H3,(H,23,24,25). The summed E-state index contributed by atoms with van der Waals surface area (Å²) in [7, 11) is 0. The summed E-state index contributed by atoms with van der Waals surface area (Å²) in [6.07, 6.45) is 5.99. The lowest BCUT2D eigenvalue weighted by atomic mass is 10.0. The van der Waals surface area contributed by atoms with Gasteiger partial charge in [0.1, 0.15) is 0 Å². The first-order valence-corrected chi connectivity index (χ1v) is 10.3. The molecule has 1 N–H and O–H groups in total. The molecule has 0 radical (unpaired) electrons. The average molecular weight is 380 g/mol. The minimum atomic E-state index is 0.433. The fourth-order valence-electron chi connectivity index (χ4n) is 3.67. The van der Waals surface area contributed by atoms with Crippen LogP contribution in [0.4, 0.5) is 5.13 Å². The van der Waals surface area contributed by atoms with Crippen LogP contribution < -0.4 is 5.32 Å². The van der Waals surface area contributed by atoms with Crippen molar-refractivity contribution in [1.29, 1.82) is 0 Å². The first-order chi connectivity index (χ1) is 13.2. The van der Waals surface area contributed by atoms with Gasteiger partial charge >= 0.3 is 0 Å². The molecule has 4 rings (SSSR count). The number of anilines is 1. The number of rotatable bonds is 5. The van der Waals surface area contributed by atoms with E-state index in [0.717, 1.165) is 42.5 Å². The quantitative estimate of drug-likeness (QED) is 0.705. The van der Waals surface area contributed by atoms with Gasteiger partial charge in [0.2, 0.25) is 5.13 Å². The van der Waals surface area contributed by atoms with E-state index in [-0.39, 0.29) is 0 Å². The Morgan fingerprint density at radius 3 is 2.59 bits per heavy atom. The molecule has 27 heavy (non-hydrogen) atoms. The predicted molar refractivity (Wildman–Crippen MR) is 111 cm³/mol. The highest BCUT2D eigenvalue weighted by Gasteiger charge is 2.24. The van der Waals surface area contributed by atoms with Crippen molar-refractivity contribution in [3.05, 3.63) is 59.9 Å². The number of aromatic nitrogens is 3. The lowest BCUT2D eigenvalue weighted by molar-refractivity contribution is 0.167. The molecule has 1 fully saturated rings. The van der Waals surface area contributed by atoms with Crippen molar-refractivity contribution in [2.24, 2.45) is 0 Å². The molecule has 2 aromatic heterocycles. The van der Waals surface area contributed by atoms with Crippen molar-refractivity contribution in [3.8, 4) is 11.4 Å². The number of aryl methyl sites for hydroxylation is 1. The van der Waals surface area contributed by atoms with Crippen LogP contribution in [0.25, 0.3) is 11.4 Å². The molecule has 0 aliphatic carbocycles. The highest BCUT2D eigenvalue weighted by Crippen LogP contribution is 2.27. The van der Waals surface area contributed by atoms with E-state index in [1.165, 1.54) is 22.7 Å². The topological polar surface area (TPSA) is 53.9 Å². The van der Waals surface area contributed by atoms with Crippen molar-refractivity contribution < 1.29 is 0 Å². The molecule has 1 aliphatic heterocycles. The number of nitrogens with one attached hydrogen (secondary N) is 1. The summed E-state index contributed by atoms with van der Waals surface area (Å²) in [5, 5.41) is 4.52. The van der Waals surface area contributed by atoms with Gasteiger partial charge in [0, 0.05) is 54.7 Å². The van der Waals surface area contributed by atoms with E-state index in [1.54, 1.807) is 0 Å². The first-order valence-electron chi connectivity index (χ1n) is 9.51. The number of hydrogen-bond donors (Lipinski definition) is 1. The van der Waals surface area contributed by atoms with Crippen molar-refractivity contribution in [3.63, 3.8) is 0 Å². The normalized spacial score (nSPS) is 17.0. The minimum absolute atomic E-state index is 0.433. The van der Waals surface area contributed by atoms with Crippen molar-refractivity contribution >= 4 is 16.7 Å². The first kappa shape index (κ1) is 18.1. The van der Waals surface area contributed by atoms with E-state index in [1.807, 2.05) is 24.5 Å². The average Bonchev–Trinajstić information content (AvgIpc) is 3.17. The Kier molecular flexibility index (Phi) is 5.45. The highest BCUT2D eigenvalue weighted by atomic mass is 32.1. The Balaban J connectivity index is 1.34. The molecule has 3 heterocycles. The van der Waals surface area contributed by atoms with Crippen LogP contribution in [0.3, 0.4) is 0 Å². The fourth-order valence-corrected chi connectivity index (χ4v) is 4.33. The van der Waals surface area contributed by atoms with E-state index in [0.29, 0.717) is 12.1 Å². The molecule has 1 aliphatic rings. The summed E-state index contributed by atoms with van der Waals surface area (Å²) >= 11 is 1.46. The molecule has 1 saturated heterocycles. The molecule has 6 heteroatoms. The minimum Gasteiger partial charge on any atom is -0.357 e. The largest absolute Gasteiger partial charge is 0.357 e. The van der Waals surface area contributed by atoms with Gasteiger partial charge in [-0.1, -0.05) is 24.3 Å². The van der Waals surface area contributed by atoms with Gasteiger partial charge in [0.25, 0.3) is 0 Å². The van der Waals surface area contributed by atoms with Gasteiger partial charge < -0.3 is 5.32 Å². The molecule has 0 amide bonds. The molecule has 3 aromatic rings. The van der Waals surface area contributed by atoms with Crippen LogP contribution in [0.15, 0.2) is 48.8 Å². The summed E-state index contributed by atoms with van der Waals surface area (Å²) in [6, 6.07) is 13.4. The van der Waals surface area contributed by atoms with Crippen LogP contribution in [-0.2, 0) is 0 Å². The predicted octanol–water partition coefficient (Wildman–Crippen LogP) is 4.55. The lowest BCUT2D eigenvalue weighted by Crippen LogP contribution is -2.40. The van der Waals surface area contributed by atoms with E-state index in [4.69, 9.17) is 4.98 Å². The van der Waals surface area contributed by atoms with Gasteiger partial charge in [-0.05, 0) is 49.9 Å². The summed E-state index contributed by atoms with van der Waals surface area (Å²) in [4.78, 5) is 11.4. The number of benzene rings is 1. The number of nitrogens with zero attached hydrogens (tertiary/aromatic N) is 4. The van der Waals surface area contributed by atoms with Crippen molar-refractivity contribution in [2.45, 2.75) is 38.8 Å². The maximum atomic E-state index is 4.71. The van der Waals surface area contributed by atoms with E-state index < -0.39 is 0 Å². The number of likely N-dealkylation sites (tertiary alicyclic amines) is 1. The van der Waals surface area contributed by atoms with Crippen LogP contribution in [0.1, 0.15) is 36.9 Å². The second kappa shape index (κ2) is 8.15. The Bertz CT molecular complexity index is 871. The number of hydrogen-bond acceptors (Lipinski definition) is 6. The van der Waals surface area contributed by atoms with Crippen LogP contribution in [-0.4, -0.2) is 38.4 Å². The highest BCUT2D eigenvalue weighted by molar-refractivity contribution is 7.09. The zero-order valence-electron chi connectivity index (χ0n) is 15.8. The zero-order chi connectivity index (χ0) is 18.6. The lowest BCUT2D eigenvalue weighted by Gasteiger charge is -2.36.